The van der Waals surface area contributed by atoms with Gasteiger partial charge in [0.15, 0.2) is 17.3 Å². The van der Waals surface area contributed by atoms with E-state index < -0.39 is 29.4 Å². The predicted octanol–water partition coefficient (Wildman–Crippen LogP) is -2.67. The lowest BCUT2D eigenvalue weighted by Gasteiger charge is -2.15. The van der Waals surface area contributed by atoms with Crippen molar-refractivity contribution in [3.8, 4) is 11.8 Å². The number of nitrogens with zero attached hydrogens (tertiary/aromatic N) is 3. The number of nitrogens with two attached hydrogens (primary N) is 1. The van der Waals surface area contributed by atoms with E-state index in [1.807, 2.05) is 0 Å². The second kappa shape index (κ2) is 6.07. The third-order valence-corrected chi connectivity index (χ3v) is 3.31. The van der Waals surface area contributed by atoms with Crippen molar-refractivity contribution in [2.24, 2.45) is 12.8 Å². The van der Waals surface area contributed by atoms with E-state index in [0.29, 0.717) is 0 Å². The Kier molecular flexibility index (Phi) is 4.35. The summed E-state index contributed by atoms with van der Waals surface area (Å²) in [6.45, 7) is 1.54. The molecule has 2 heterocycles. The van der Waals surface area contributed by atoms with Crippen molar-refractivity contribution >= 4 is 17.1 Å². The minimum atomic E-state index is -1.92. The lowest BCUT2D eigenvalue weighted by atomic mass is 10.2. The molecule has 2 unspecified atom stereocenters. The van der Waals surface area contributed by atoms with E-state index in [9.17, 15) is 24.6 Å². The first kappa shape index (κ1) is 16.5. The first-order valence-corrected chi connectivity index (χ1v) is 6.54. The highest BCUT2D eigenvalue weighted by molar-refractivity contribution is 5.79. The molecule has 122 valence electrons. The van der Waals surface area contributed by atoms with Crippen LogP contribution < -0.4 is 17.0 Å². The highest BCUT2D eigenvalue weighted by Gasteiger charge is 2.30. The number of aryl methyl sites for hydroxylation is 1. The highest BCUT2D eigenvalue weighted by atomic mass is 16.3. The quantitative estimate of drug-likeness (QED) is 0.450. The smallest absolute Gasteiger partial charge is 0.329 e. The highest BCUT2D eigenvalue weighted by Crippen LogP contribution is 2.20. The Morgan fingerprint density at radius 2 is 2.09 bits per heavy atom. The molecule has 10 nitrogen and oxygen atoms in total. The zero-order chi connectivity index (χ0) is 17.3. The minimum absolute atomic E-state index is 0.0117. The van der Waals surface area contributed by atoms with Crippen molar-refractivity contribution in [2.75, 3.05) is 0 Å². The number of fused-ring (bicyclic) bond motifs is 1. The fourth-order valence-corrected chi connectivity index (χ4v) is 2.09. The normalized spacial score (nSPS) is 13.4. The SMILES string of the molecule is CC#CCn1c(C(O)C(O)C(N)=O)nc2c1c(=O)[nH]c(=O)n2C. The zero-order valence-electron chi connectivity index (χ0n) is 12.4. The molecule has 0 aliphatic heterocycles. The van der Waals surface area contributed by atoms with Crippen molar-refractivity contribution in [3.63, 3.8) is 0 Å². The summed E-state index contributed by atoms with van der Waals surface area (Å²) >= 11 is 0. The number of H-pyrrole nitrogens is 1. The minimum Gasteiger partial charge on any atom is -0.382 e. The van der Waals surface area contributed by atoms with E-state index in [0.717, 1.165) is 4.57 Å². The Balaban J connectivity index is 2.82. The number of aliphatic hydroxyl groups excluding tert-OH is 2. The molecule has 2 aromatic heterocycles. The van der Waals surface area contributed by atoms with Crippen LogP contribution in [0.15, 0.2) is 9.59 Å². The van der Waals surface area contributed by atoms with E-state index in [-0.39, 0.29) is 23.5 Å². The van der Waals surface area contributed by atoms with E-state index in [2.05, 4.69) is 21.8 Å². The number of carbonyl (C=O) groups is 1. The molecule has 1 amide bonds. The number of aromatic amines is 1. The molecule has 0 saturated carbocycles. The third-order valence-electron chi connectivity index (χ3n) is 3.31. The van der Waals surface area contributed by atoms with Gasteiger partial charge in [-0.25, -0.2) is 9.78 Å². The lowest BCUT2D eigenvalue weighted by molar-refractivity contribution is -0.132. The molecule has 10 heteroatoms. The van der Waals surface area contributed by atoms with Gasteiger partial charge in [-0.15, -0.1) is 5.92 Å². The first-order chi connectivity index (χ1) is 10.8. The van der Waals surface area contributed by atoms with Gasteiger partial charge < -0.3 is 20.5 Å². The van der Waals surface area contributed by atoms with Crippen LogP contribution in [0.3, 0.4) is 0 Å². The molecule has 0 spiro atoms. The Morgan fingerprint density at radius 1 is 1.43 bits per heavy atom. The van der Waals surface area contributed by atoms with Gasteiger partial charge in [-0.05, 0) is 6.92 Å². The number of aliphatic hydroxyl groups is 2. The van der Waals surface area contributed by atoms with Gasteiger partial charge >= 0.3 is 5.69 Å². The second-order valence-corrected chi connectivity index (χ2v) is 4.77. The second-order valence-electron chi connectivity index (χ2n) is 4.77. The Hall–Kier alpha value is -2.90. The van der Waals surface area contributed by atoms with Crippen molar-refractivity contribution in [2.45, 2.75) is 25.7 Å². The van der Waals surface area contributed by atoms with Gasteiger partial charge in [-0.1, -0.05) is 5.92 Å². The fourth-order valence-electron chi connectivity index (χ4n) is 2.09. The molecule has 0 aromatic carbocycles. The first-order valence-electron chi connectivity index (χ1n) is 6.54. The van der Waals surface area contributed by atoms with E-state index in [1.165, 1.54) is 11.6 Å². The lowest BCUT2D eigenvalue weighted by Crippen LogP contribution is -2.35. The number of aromatic nitrogens is 4. The van der Waals surface area contributed by atoms with Gasteiger partial charge in [0, 0.05) is 7.05 Å². The van der Waals surface area contributed by atoms with Crippen LogP contribution in [0, 0.1) is 11.8 Å². The maximum atomic E-state index is 12.1. The maximum absolute atomic E-state index is 12.1. The van der Waals surface area contributed by atoms with Crippen LogP contribution in [0.4, 0.5) is 0 Å². The van der Waals surface area contributed by atoms with Crippen molar-refractivity contribution in [3.05, 3.63) is 26.7 Å². The summed E-state index contributed by atoms with van der Waals surface area (Å²) in [5.74, 6) is 3.96. The van der Waals surface area contributed by atoms with Crippen LogP contribution in [0.5, 0.6) is 0 Å². The molecule has 0 saturated heterocycles. The van der Waals surface area contributed by atoms with Crippen LogP contribution in [-0.2, 0) is 18.4 Å². The topological polar surface area (TPSA) is 156 Å². The molecular formula is C13H15N5O5. The molecule has 2 rings (SSSR count). The van der Waals surface area contributed by atoms with Crippen molar-refractivity contribution in [1.82, 2.24) is 19.1 Å². The Bertz CT molecular complexity index is 942. The molecule has 0 radical (unpaired) electrons. The number of hydrogen-bond acceptors (Lipinski definition) is 6. The molecule has 0 fully saturated rings. The molecule has 0 aliphatic rings. The largest absolute Gasteiger partial charge is 0.382 e. The van der Waals surface area contributed by atoms with E-state index in [4.69, 9.17) is 5.73 Å². The molecule has 5 N–H and O–H groups in total. The summed E-state index contributed by atoms with van der Waals surface area (Å²) in [5, 5.41) is 19.8. The summed E-state index contributed by atoms with van der Waals surface area (Å²) in [4.78, 5) is 40.9. The van der Waals surface area contributed by atoms with Crippen LogP contribution in [0.1, 0.15) is 18.9 Å². The van der Waals surface area contributed by atoms with Gasteiger partial charge in [-0.2, -0.15) is 0 Å². The maximum Gasteiger partial charge on any atom is 0.329 e. The molecule has 23 heavy (non-hydrogen) atoms. The Morgan fingerprint density at radius 3 is 2.65 bits per heavy atom. The summed E-state index contributed by atoms with van der Waals surface area (Å²) < 4.78 is 2.29. The number of rotatable bonds is 4. The van der Waals surface area contributed by atoms with Crippen LogP contribution in [0.2, 0.25) is 0 Å². The number of amides is 1. The van der Waals surface area contributed by atoms with Crippen molar-refractivity contribution in [1.29, 1.82) is 0 Å². The van der Waals surface area contributed by atoms with E-state index >= 15 is 0 Å². The summed E-state index contributed by atoms with van der Waals surface area (Å²) in [7, 11) is 1.38. The predicted molar refractivity (Wildman–Crippen MR) is 79.2 cm³/mol. The molecular weight excluding hydrogens is 306 g/mol. The standard InChI is InChI=1S/C13H15N5O5/c1-3-4-5-18-6-10(17(2)13(23)16-12(6)22)15-11(18)8(20)7(19)9(14)21/h7-8,19-20H,5H2,1-2H3,(H2,14,21)(H,16,22,23). The zero-order valence-corrected chi connectivity index (χ0v) is 12.4. The molecule has 0 bridgehead atoms. The average molecular weight is 321 g/mol. The van der Waals surface area contributed by atoms with Crippen LogP contribution in [-0.4, -0.2) is 41.3 Å². The number of imidazole rings is 1. The molecule has 2 aromatic rings. The molecule has 2 atom stereocenters. The van der Waals surface area contributed by atoms with Crippen LogP contribution >= 0.6 is 0 Å². The number of primary amides is 1. The summed E-state index contributed by atoms with van der Waals surface area (Å²) in [6.07, 6.45) is -3.69. The third kappa shape index (κ3) is 2.75. The monoisotopic (exact) mass is 321 g/mol. The van der Waals surface area contributed by atoms with Gasteiger partial charge in [0.2, 0.25) is 5.91 Å². The Labute approximate surface area is 129 Å². The number of carbonyl (C=O) groups excluding carboxylic acids is 1. The van der Waals surface area contributed by atoms with Crippen molar-refractivity contribution < 1.29 is 15.0 Å². The number of hydrogen-bond donors (Lipinski definition) is 4. The van der Waals surface area contributed by atoms with Crippen LogP contribution in [0.25, 0.3) is 11.2 Å². The van der Waals surface area contributed by atoms with Gasteiger partial charge in [0.25, 0.3) is 5.56 Å². The molecule has 0 aliphatic carbocycles. The fraction of sp³-hybridized carbons (Fsp3) is 0.385. The van der Waals surface area contributed by atoms with Gasteiger partial charge in [0.05, 0.1) is 6.54 Å². The van der Waals surface area contributed by atoms with Gasteiger partial charge in [0.1, 0.15) is 11.9 Å². The summed E-state index contributed by atoms with van der Waals surface area (Å²) in [5.41, 5.74) is 3.53. The average Bonchev–Trinajstić information content (AvgIpc) is 2.89. The van der Waals surface area contributed by atoms with Gasteiger partial charge in [-0.3, -0.25) is 19.1 Å². The van der Waals surface area contributed by atoms with E-state index in [1.54, 1.807) is 6.92 Å². The number of nitrogens with one attached hydrogen (secondary N) is 1. The summed E-state index contributed by atoms with van der Waals surface area (Å²) in [6, 6.07) is 0.